The largest absolute Gasteiger partial charge is 0.367 e. The Labute approximate surface area is 166 Å². The van der Waals surface area contributed by atoms with Crippen LogP contribution in [0.15, 0.2) is 54.7 Å². The molecule has 1 heterocycles. The summed E-state index contributed by atoms with van der Waals surface area (Å²) in [6, 6.07) is 14.1. The first-order chi connectivity index (χ1) is 12.9. The topological polar surface area (TPSA) is 78.3 Å². The predicted octanol–water partition coefficient (Wildman–Crippen LogP) is 5.17. The van der Waals surface area contributed by atoms with Crippen LogP contribution in [0.2, 0.25) is 10.0 Å². The number of nitrogens with one attached hydrogen (secondary N) is 1. The van der Waals surface area contributed by atoms with Gasteiger partial charge in [0, 0.05) is 30.0 Å². The maximum absolute atomic E-state index is 13.1. The Morgan fingerprint density at radius 3 is 2.41 bits per heavy atom. The lowest BCUT2D eigenvalue weighted by atomic mass is 10.3. The van der Waals surface area contributed by atoms with E-state index in [1.165, 1.54) is 18.9 Å². The molecule has 1 N–H and O–H groups in total. The molecule has 0 aliphatic rings. The molecule has 0 aliphatic heterocycles. The summed E-state index contributed by atoms with van der Waals surface area (Å²) in [6.07, 6.45) is 1.64. The van der Waals surface area contributed by atoms with E-state index in [0.717, 1.165) is 5.69 Å². The lowest BCUT2D eigenvalue weighted by molar-refractivity contribution is 0.268. The predicted molar refractivity (Wildman–Crippen MR) is 106 cm³/mol. The molecule has 0 bridgehead atoms. The molecular weight excluding hydrogens is 410 g/mol. The average molecular weight is 427 g/mol. The fourth-order valence-electron chi connectivity index (χ4n) is 2.45. The molecule has 1 unspecified atom stereocenters. The van der Waals surface area contributed by atoms with E-state index >= 15 is 0 Å². The molecule has 10 heteroatoms. The zero-order chi connectivity index (χ0) is 19.4. The smallest absolute Gasteiger partial charge is 0.358 e. The minimum absolute atomic E-state index is 0.386. The Balaban J connectivity index is 1.98. The van der Waals surface area contributed by atoms with Gasteiger partial charge in [0.25, 0.3) is 0 Å². The van der Waals surface area contributed by atoms with E-state index in [1.54, 1.807) is 48.7 Å². The number of hydrogen-bond donors (Lipinski definition) is 1. The Morgan fingerprint density at radius 1 is 1.07 bits per heavy atom. The van der Waals surface area contributed by atoms with Crippen molar-refractivity contribution < 1.29 is 13.6 Å². The highest BCUT2D eigenvalue weighted by molar-refractivity contribution is 7.54. The van der Waals surface area contributed by atoms with Crippen LogP contribution in [0.3, 0.4) is 0 Å². The van der Waals surface area contributed by atoms with E-state index in [-0.39, 0.29) is 0 Å². The van der Waals surface area contributed by atoms with Gasteiger partial charge >= 0.3 is 7.60 Å². The third-order valence-corrected chi connectivity index (χ3v) is 6.37. The fraction of sp³-hybridized carbons (Fsp3) is 0.176. The minimum atomic E-state index is -3.56. The minimum Gasteiger partial charge on any atom is -0.367 e. The van der Waals surface area contributed by atoms with Crippen molar-refractivity contribution in [3.05, 3.63) is 70.5 Å². The maximum atomic E-state index is 13.1. The standard InChI is InChI=1S/C17H17Cl2N4O3P/c1-25-27(24,26-2)17(20-14-8-6-12(18)7-9-14)16-11-23(22-21-16)15-5-3-4-13(19)10-15/h3-11,17,20H,1-2H3. The van der Waals surface area contributed by atoms with Gasteiger partial charge in [-0.3, -0.25) is 4.57 Å². The molecule has 3 rings (SSSR count). The summed E-state index contributed by atoms with van der Waals surface area (Å²) in [5.41, 5.74) is 1.78. The van der Waals surface area contributed by atoms with Gasteiger partial charge in [0.2, 0.25) is 0 Å². The summed E-state index contributed by atoms with van der Waals surface area (Å²) in [6.45, 7) is 0. The quantitative estimate of drug-likeness (QED) is 0.525. The SMILES string of the molecule is COP(=O)(OC)C(Nc1ccc(Cl)cc1)c1cn(-c2cccc(Cl)c2)nn1. The molecule has 0 aliphatic carbocycles. The van der Waals surface area contributed by atoms with Gasteiger partial charge in [-0.05, 0) is 42.5 Å². The van der Waals surface area contributed by atoms with Crippen molar-refractivity contribution in [1.29, 1.82) is 0 Å². The van der Waals surface area contributed by atoms with Crippen molar-refractivity contribution in [3.63, 3.8) is 0 Å². The molecule has 27 heavy (non-hydrogen) atoms. The molecule has 3 aromatic rings. The molecule has 0 saturated carbocycles. The lowest BCUT2D eigenvalue weighted by Gasteiger charge is -2.24. The van der Waals surface area contributed by atoms with Crippen LogP contribution in [0.5, 0.6) is 0 Å². The van der Waals surface area contributed by atoms with Crippen LogP contribution >= 0.6 is 30.8 Å². The molecule has 0 spiro atoms. The van der Waals surface area contributed by atoms with Gasteiger partial charge in [-0.1, -0.05) is 34.5 Å². The molecule has 142 valence electrons. The van der Waals surface area contributed by atoms with E-state index in [4.69, 9.17) is 32.2 Å². The first kappa shape index (κ1) is 19.9. The van der Waals surface area contributed by atoms with Gasteiger partial charge in [0.05, 0.1) is 11.9 Å². The summed E-state index contributed by atoms with van der Waals surface area (Å²) in [4.78, 5) is 0. The Morgan fingerprint density at radius 2 is 1.78 bits per heavy atom. The highest BCUT2D eigenvalue weighted by atomic mass is 35.5. The molecule has 1 atom stereocenters. The van der Waals surface area contributed by atoms with Crippen LogP contribution in [-0.4, -0.2) is 29.2 Å². The third kappa shape index (κ3) is 4.51. The second-order valence-corrected chi connectivity index (χ2v) is 8.73. The van der Waals surface area contributed by atoms with Gasteiger partial charge in [-0.2, -0.15) is 0 Å². The van der Waals surface area contributed by atoms with E-state index in [1.807, 2.05) is 6.07 Å². The van der Waals surface area contributed by atoms with Crippen LogP contribution in [0.1, 0.15) is 11.5 Å². The molecular formula is C17H17Cl2N4O3P. The first-order valence-electron chi connectivity index (χ1n) is 7.86. The number of hydrogen-bond acceptors (Lipinski definition) is 6. The molecule has 0 amide bonds. The van der Waals surface area contributed by atoms with E-state index in [9.17, 15) is 4.57 Å². The van der Waals surface area contributed by atoms with E-state index in [0.29, 0.717) is 21.4 Å². The average Bonchev–Trinajstić information content (AvgIpc) is 3.17. The van der Waals surface area contributed by atoms with Crippen molar-refractivity contribution in [2.24, 2.45) is 0 Å². The molecule has 0 fully saturated rings. The summed E-state index contributed by atoms with van der Waals surface area (Å²) >= 11 is 12.0. The van der Waals surface area contributed by atoms with Crippen molar-refractivity contribution in [3.8, 4) is 5.69 Å². The summed E-state index contributed by atoms with van der Waals surface area (Å²) in [5, 5.41) is 12.5. The van der Waals surface area contributed by atoms with Gasteiger partial charge < -0.3 is 14.4 Å². The normalized spacial score (nSPS) is 12.7. The highest BCUT2D eigenvalue weighted by Gasteiger charge is 2.38. The fourth-order valence-corrected chi connectivity index (χ4v) is 4.08. The van der Waals surface area contributed by atoms with Crippen LogP contribution in [0, 0.1) is 0 Å². The summed E-state index contributed by atoms with van der Waals surface area (Å²) in [7, 11) is -0.921. The second-order valence-electron chi connectivity index (χ2n) is 5.53. The van der Waals surface area contributed by atoms with E-state index in [2.05, 4.69) is 15.6 Å². The Hall–Kier alpha value is -1.89. The van der Waals surface area contributed by atoms with Gasteiger partial charge in [-0.25, -0.2) is 4.68 Å². The van der Waals surface area contributed by atoms with Gasteiger partial charge in [0.15, 0.2) is 5.78 Å². The van der Waals surface area contributed by atoms with Crippen molar-refractivity contribution in [2.75, 3.05) is 19.5 Å². The number of rotatable bonds is 7. The van der Waals surface area contributed by atoms with Crippen LogP contribution in [0.25, 0.3) is 5.69 Å². The molecule has 2 aromatic carbocycles. The van der Waals surface area contributed by atoms with E-state index < -0.39 is 13.4 Å². The number of nitrogens with zero attached hydrogens (tertiary/aromatic N) is 3. The van der Waals surface area contributed by atoms with Crippen LogP contribution in [0.4, 0.5) is 5.69 Å². The third-order valence-electron chi connectivity index (χ3n) is 3.84. The monoisotopic (exact) mass is 426 g/mol. The highest BCUT2D eigenvalue weighted by Crippen LogP contribution is 2.59. The number of aromatic nitrogens is 3. The van der Waals surface area contributed by atoms with Crippen molar-refractivity contribution >= 4 is 36.5 Å². The first-order valence-corrected chi connectivity index (χ1v) is 10.2. The molecule has 0 radical (unpaired) electrons. The lowest BCUT2D eigenvalue weighted by Crippen LogP contribution is -2.14. The number of benzene rings is 2. The summed E-state index contributed by atoms with van der Waals surface area (Å²) < 4.78 is 25.0. The summed E-state index contributed by atoms with van der Waals surface area (Å²) in [5.74, 6) is -0.874. The molecule has 1 aromatic heterocycles. The maximum Gasteiger partial charge on any atom is 0.358 e. The van der Waals surface area contributed by atoms with Crippen molar-refractivity contribution in [2.45, 2.75) is 5.78 Å². The van der Waals surface area contributed by atoms with Crippen molar-refractivity contribution in [1.82, 2.24) is 15.0 Å². The second kappa shape index (κ2) is 8.42. The van der Waals surface area contributed by atoms with Crippen LogP contribution < -0.4 is 5.32 Å². The zero-order valence-electron chi connectivity index (χ0n) is 14.5. The number of halogens is 2. The molecule has 7 nitrogen and oxygen atoms in total. The van der Waals surface area contributed by atoms with Gasteiger partial charge in [-0.15, -0.1) is 5.10 Å². The Bertz CT molecular complexity index is 957. The van der Waals surface area contributed by atoms with Crippen LogP contribution in [-0.2, 0) is 13.6 Å². The number of anilines is 1. The Kier molecular flexibility index (Phi) is 6.19. The van der Waals surface area contributed by atoms with Gasteiger partial charge in [0.1, 0.15) is 5.69 Å². The molecule has 0 saturated heterocycles. The zero-order valence-corrected chi connectivity index (χ0v) is 16.9.